The number of nitrogens with one attached hydrogen (secondary N) is 1. The molecule has 0 spiro atoms. The Kier molecular flexibility index (Phi) is 5.11. The molecule has 1 unspecified atom stereocenters. The van der Waals surface area contributed by atoms with Gasteiger partial charge in [-0.2, -0.15) is 0 Å². The fourth-order valence-corrected chi connectivity index (χ4v) is 3.88. The third kappa shape index (κ3) is 3.07. The highest BCUT2D eigenvalue weighted by atomic mass is 79.9. The van der Waals surface area contributed by atoms with E-state index in [1.807, 2.05) is 18.4 Å². The maximum Gasteiger partial charge on any atom is 0.145 e. The van der Waals surface area contributed by atoms with E-state index in [2.05, 4.69) is 37.2 Å². The second kappa shape index (κ2) is 6.43. The van der Waals surface area contributed by atoms with E-state index in [9.17, 15) is 8.78 Å². The molecule has 0 saturated heterocycles. The fourth-order valence-electron chi connectivity index (χ4n) is 1.85. The normalized spacial score (nSPS) is 12.7. The van der Waals surface area contributed by atoms with E-state index in [-0.39, 0.29) is 10.0 Å². The first-order valence-corrected chi connectivity index (χ1v) is 8.12. The Bertz CT molecular complexity index is 586. The largest absolute Gasteiger partial charge is 0.306 e. The summed E-state index contributed by atoms with van der Waals surface area (Å²) in [6, 6.07) is 4.02. The highest BCUT2D eigenvalue weighted by Gasteiger charge is 2.25. The summed E-state index contributed by atoms with van der Waals surface area (Å²) in [5, 5.41) is 5.02. The van der Waals surface area contributed by atoms with Gasteiger partial charge in [0.2, 0.25) is 0 Å². The smallest absolute Gasteiger partial charge is 0.145 e. The van der Waals surface area contributed by atoms with Crippen molar-refractivity contribution < 1.29 is 8.78 Å². The monoisotopic (exact) mass is 409 g/mol. The van der Waals surface area contributed by atoms with Crippen LogP contribution in [-0.2, 0) is 0 Å². The van der Waals surface area contributed by atoms with Crippen molar-refractivity contribution in [3.8, 4) is 0 Å². The summed E-state index contributed by atoms with van der Waals surface area (Å²) in [6.45, 7) is 2.52. The molecule has 102 valence electrons. The van der Waals surface area contributed by atoms with Crippen LogP contribution in [0.25, 0.3) is 0 Å². The zero-order valence-corrected chi connectivity index (χ0v) is 14.0. The number of benzene rings is 1. The average Bonchev–Trinajstić information content (AvgIpc) is 2.79. The van der Waals surface area contributed by atoms with Gasteiger partial charge >= 0.3 is 0 Å². The summed E-state index contributed by atoms with van der Waals surface area (Å²) < 4.78 is 29.4. The summed E-state index contributed by atoms with van der Waals surface area (Å²) in [4.78, 5) is 0.859. The fraction of sp³-hybridized carbons (Fsp3) is 0.231. The predicted octanol–water partition coefficient (Wildman–Crippen LogP) is 5.25. The Balaban J connectivity index is 2.57. The van der Waals surface area contributed by atoms with Crippen LogP contribution in [0, 0.1) is 11.6 Å². The van der Waals surface area contributed by atoms with E-state index < -0.39 is 17.7 Å². The Morgan fingerprint density at radius 1 is 1.21 bits per heavy atom. The van der Waals surface area contributed by atoms with Gasteiger partial charge in [0.15, 0.2) is 0 Å². The molecule has 0 aliphatic heterocycles. The zero-order valence-electron chi connectivity index (χ0n) is 10.0. The molecule has 1 N–H and O–H groups in total. The molecular weight excluding hydrogens is 400 g/mol. The Hall–Kier alpha value is -0.300. The first kappa shape index (κ1) is 15.1. The molecular formula is C13H11Br2F2NS. The van der Waals surface area contributed by atoms with E-state index >= 15 is 0 Å². The maximum absolute atomic E-state index is 14.2. The van der Waals surface area contributed by atoms with Gasteiger partial charge in [-0.1, -0.05) is 6.92 Å². The van der Waals surface area contributed by atoms with E-state index in [1.54, 1.807) is 0 Å². The van der Waals surface area contributed by atoms with Gasteiger partial charge in [0.25, 0.3) is 0 Å². The molecule has 0 aliphatic rings. The lowest BCUT2D eigenvalue weighted by atomic mass is 10.0. The first-order valence-electron chi connectivity index (χ1n) is 5.66. The first-order chi connectivity index (χ1) is 9.06. The minimum Gasteiger partial charge on any atom is -0.306 e. The molecule has 6 heteroatoms. The molecule has 1 aromatic carbocycles. The Morgan fingerprint density at radius 3 is 2.53 bits per heavy atom. The predicted molar refractivity (Wildman–Crippen MR) is 81.6 cm³/mol. The quantitative estimate of drug-likeness (QED) is 0.678. The summed E-state index contributed by atoms with van der Waals surface area (Å²) >= 11 is 7.98. The Labute approximate surface area is 131 Å². The minimum atomic E-state index is -0.564. The van der Waals surface area contributed by atoms with Crippen LogP contribution < -0.4 is 5.32 Å². The van der Waals surface area contributed by atoms with Gasteiger partial charge in [0, 0.05) is 14.9 Å². The van der Waals surface area contributed by atoms with Crippen LogP contribution in [0.2, 0.25) is 0 Å². The van der Waals surface area contributed by atoms with Crippen molar-refractivity contribution in [1.29, 1.82) is 0 Å². The molecule has 1 aromatic heterocycles. The van der Waals surface area contributed by atoms with Crippen molar-refractivity contribution in [3.63, 3.8) is 0 Å². The molecule has 0 bridgehead atoms. The molecule has 2 rings (SSSR count). The van der Waals surface area contributed by atoms with Crippen LogP contribution in [0.4, 0.5) is 8.78 Å². The summed E-state index contributed by atoms with van der Waals surface area (Å²) in [5.74, 6) is -1.11. The minimum absolute atomic E-state index is 0.0411. The van der Waals surface area contributed by atoms with Crippen molar-refractivity contribution in [2.24, 2.45) is 0 Å². The zero-order chi connectivity index (χ0) is 14.0. The van der Waals surface area contributed by atoms with Crippen LogP contribution in [0.1, 0.15) is 23.4 Å². The molecule has 0 saturated carbocycles. The summed E-state index contributed by atoms with van der Waals surface area (Å²) in [7, 11) is 0. The van der Waals surface area contributed by atoms with E-state index in [0.717, 1.165) is 9.35 Å². The highest BCUT2D eigenvalue weighted by molar-refractivity contribution is 9.10. The topological polar surface area (TPSA) is 12.0 Å². The number of rotatable bonds is 4. The lowest BCUT2D eigenvalue weighted by Crippen LogP contribution is -2.23. The third-order valence-corrected chi connectivity index (χ3v) is 5.23. The lowest BCUT2D eigenvalue weighted by molar-refractivity contribution is 0.510. The van der Waals surface area contributed by atoms with Gasteiger partial charge in [0.1, 0.15) is 11.6 Å². The van der Waals surface area contributed by atoms with Crippen LogP contribution >= 0.6 is 43.2 Å². The molecule has 1 atom stereocenters. The molecule has 0 aliphatic carbocycles. The van der Waals surface area contributed by atoms with Crippen LogP contribution in [-0.4, -0.2) is 6.54 Å². The van der Waals surface area contributed by atoms with Crippen LogP contribution in [0.5, 0.6) is 0 Å². The highest BCUT2D eigenvalue weighted by Crippen LogP contribution is 2.36. The average molecular weight is 411 g/mol. The molecule has 1 nitrogen and oxygen atoms in total. The molecule has 19 heavy (non-hydrogen) atoms. The van der Waals surface area contributed by atoms with E-state index in [4.69, 9.17) is 0 Å². The van der Waals surface area contributed by atoms with Gasteiger partial charge in [-0.3, -0.25) is 0 Å². The molecule has 2 aromatic rings. The molecule has 1 heterocycles. The van der Waals surface area contributed by atoms with Crippen LogP contribution in [0.15, 0.2) is 32.5 Å². The van der Waals surface area contributed by atoms with Crippen molar-refractivity contribution >= 4 is 43.2 Å². The number of halogens is 4. The Morgan fingerprint density at radius 2 is 1.95 bits per heavy atom. The second-order valence-corrected chi connectivity index (χ2v) is 6.54. The van der Waals surface area contributed by atoms with Gasteiger partial charge in [-0.25, -0.2) is 8.78 Å². The second-order valence-electron chi connectivity index (χ2n) is 3.88. The number of hydrogen-bond donors (Lipinski definition) is 1. The van der Waals surface area contributed by atoms with Crippen molar-refractivity contribution in [1.82, 2.24) is 5.32 Å². The van der Waals surface area contributed by atoms with Gasteiger partial charge in [-0.15, -0.1) is 11.3 Å². The lowest BCUT2D eigenvalue weighted by Gasteiger charge is -2.19. The van der Waals surface area contributed by atoms with Gasteiger partial charge in [0.05, 0.1) is 10.5 Å². The number of hydrogen-bond acceptors (Lipinski definition) is 2. The van der Waals surface area contributed by atoms with E-state index in [1.165, 1.54) is 23.5 Å². The van der Waals surface area contributed by atoms with Gasteiger partial charge in [-0.05, 0) is 62.0 Å². The van der Waals surface area contributed by atoms with Gasteiger partial charge < -0.3 is 5.32 Å². The number of thiophene rings is 1. The standard InChI is InChI=1S/C13H11Br2F2NS/c1-2-18-12(13-8(15)5-6-19-13)10-9(16)4-3-7(14)11(10)17/h3-6,12,18H,2H2,1H3. The molecule has 0 radical (unpaired) electrons. The third-order valence-electron chi connectivity index (χ3n) is 2.68. The summed E-state index contributed by atoms with van der Waals surface area (Å²) in [5.41, 5.74) is 0.0411. The van der Waals surface area contributed by atoms with E-state index in [0.29, 0.717) is 6.54 Å². The molecule has 0 fully saturated rings. The van der Waals surface area contributed by atoms with Crippen molar-refractivity contribution in [2.45, 2.75) is 13.0 Å². The maximum atomic E-state index is 14.2. The van der Waals surface area contributed by atoms with Crippen molar-refractivity contribution in [2.75, 3.05) is 6.54 Å². The SMILES string of the molecule is CCNC(c1sccc1Br)c1c(F)ccc(Br)c1F. The van der Waals surface area contributed by atoms with Crippen LogP contribution in [0.3, 0.4) is 0 Å². The molecule has 0 amide bonds. The van der Waals surface area contributed by atoms with Crippen molar-refractivity contribution in [3.05, 3.63) is 54.6 Å². The summed E-state index contributed by atoms with van der Waals surface area (Å²) in [6.07, 6.45) is 0.